The maximum atomic E-state index is 7.17. The molecular weight excluding hydrogens is 286 g/mol. The van der Waals surface area contributed by atoms with E-state index in [0.29, 0.717) is 5.69 Å². The van der Waals surface area contributed by atoms with Gasteiger partial charge in [-0.25, -0.2) is 9.83 Å². The van der Waals surface area contributed by atoms with Crippen LogP contribution < -0.4 is 0 Å². The van der Waals surface area contributed by atoms with Crippen molar-refractivity contribution in [1.82, 2.24) is 20.2 Å². The van der Waals surface area contributed by atoms with Crippen LogP contribution in [0.4, 0.5) is 5.69 Å². The lowest BCUT2D eigenvalue weighted by Crippen LogP contribution is -1.85. The molecule has 0 fully saturated rings. The predicted octanol–water partition coefficient (Wildman–Crippen LogP) is 4.53. The highest BCUT2D eigenvalue weighted by Gasteiger charge is 2.13. The Morgan fingerprint density at radius 1 is 1.17 bits per heavy atom. The van der Waals surface area contributed by atoms with Crippen LogP contribution >= 0.6 is 0 Å². The molecular formula is C18H15N5. The number of fused-ring (bicyclic) bond motifs is 2. The number of hydrogen-bond donors (Lipinski definition) is 2. The number of imidazole rings is 1. The molecule has 4 rings (SSSR count). The fraction of sp³-hybridized carbons (Fsp3) is 0.167. The highest BCUT2D eigenvalue weighted by atomic mass is 15.1. The monoisotopic (exact) mass is 301 g/mol. The second-order valence-corrected chi connectivity index (χ2v) is 5.65. The minimum absolute atomic E-state index is 0.598. The van der Waals surface area contributed by atoms with Crippen molar-refractivity contribution < 1.29 is 0 Å². The highest BCUT2D eigenvalue weighted by Crippen LogP contribution is 2.29. The lowest BCUT2D eigenvalue weighted by molar-refractivity contribution is 1.10. The number of H-pyrrole nitrogens is 2. The first-order chi connectivity index (χ1) is 11.2. The summed E-state index contributed by atoms with van der Waals surface area (Å²) < 4.78 is 0. The number of rotatable bonds is 2. The number of hydrogen-bond acceptors (Lipinski definition) is 2. The number of aromatic amines is 2. The van der Waals surface area contributed by atoms with E-state index < -0.39 is 0 Å². The summed E-state index contributed by atoms with van der Waals surface area (Å²) in [6.45, 7) is 11.4. The molecule has 0 aliphatic carbocycles. The van der Waals surface area contributed by atoms with Crippen molar-refractivity contribution in [2.45, 2.75) is 20.3 Å². The fourth-order valence-electron chi connectivity index (χ4n) is 2.95. The van der Waals surface area contributed by atoms with Crippen LogP contribution in [-0.4, -0.2) is 20.2 Å². The Morgan fingerprint density at radius 2 is 2.04 bits per heavy atom. The smallest absolute Gasteiger partial charge is 0.188 e. The molecule has 0 saturated heterocycles. The molecule has 0 aliphatic heterocycles. The minimum atomic E-state index is 0.598. The quantitative estimate of drug-likeness (QED) is 0.534. The van der Waals surface area contributed by atoms with Crippen molar-refractivity contribution in [3.8, 4) is 11.5 Å². The number of aromatic nitrogens is 4. The predicted molar refractivity (Wildman–Crippen MR) is 91.6 cm³/mol. The van der Waals surface area contributed by atoms with E-state index in [4.69, 9.17) is 11.6 Å². The summed E-state index contributed by atoms with van der Waals surface area (Å²) in [5.41, 5.74) is 6.76. The number of nitrogens with zero attached hydrogens (tertiary/aromatic N) is 3. The standard InChI is InChI=1S/C18H15N5/c1-4-11-8-16-15(7-10(11)2)20-18(21-16)17-13-9-12(19-3)5-6-14(13)22-23-17/h5-9H,4H2,1-2H3,(H,20,21)(H,22,23). The minimum Gasteiger partial charge on any atom is -0.337 e. The molecule has 0 amide bonds. The molecule has 2 N–H and O–H groups in total. The second kappa shape index (κ2) is 4.96. The summed E-state index contributed by atoms with van der Waals surface area (Å²) in [5.74, 6) is 0.723. The van der Waals surface area contributed by atoms with Gasteiger partial charge in [-0.3, -0.25) is 5.10 Å². The molecule has 23 heavy (non-hydrogen) atoms. The van der Waals surface area contributed by atoms with Gasteiger partial charge in [0.1, 0.15) is 5.69 Å². The van der Waals surface area contributed by atoms with Gasteiger partial charge in [-0.15, -0.1) is 0 Å². The lowest BCUT2D eigenvalue weighted by Gasteiger charge is -2.01. The molecule has 0 aliphatic rings. The lowest BCUT2D eigenvalue weighted by atomic mass is 10.1. The SMILES string of the molecule is [C-]#[N+]c1ccc2[nH]nc(-c3nc4cc(CC)c(C)cc4[nH]3)c2c1. The van der Waals surface area contributed by atoms with Gasteiger partial charge in [0.15, 0.2) is 11.5 Å². The molecule has 0 radical (unpaired) electrons. The van der Waals surface area contributed by atoms with Gasteiger partial charge in [0.25, 0.3) is 0 Å². The molecule has 112 valence electrons. The zero-order valence-corrected chi connectivity index (χ0v) is 12.9. The van der Waals surface area contributed by atoms with Crippen molar-refractivity contribution in [1.29, 1.82) is 0 Å². The third-order valence-electron chi connectivity index (χ3n) is 4.22. The van der Waals surface area contributed by atoms with Crippen molar-refractivity contribution in [2.24, 2.45) is 0 Å². The first kappa shape index (κ1) is 13.5. The van der Waals surface area contributed by atoms with Crippen molar-refractivity contribution in [3.63, 3.8) is 0 Å². The van der Waals surface area contributed by atoms with Gasteiger partial charge in [0, 0.05) is 5.39 Å². The average molecular weight is 301 g/mol. The summed E-state index contributed by atoms with van der Waals surface area (Å²) in [4.78, 5) is 11.5. The maximum Gasteiger partial charge on any atom is 0.188 e. The molecule has 0 saturated carbocycles. The topological polar surface area (TPSA) is 61.7 Å². The van der Waals surface area contributed by atoms with E-state index in [1.165, 1.54) is 11.1 Å². The Labute approximate surface area is 133 Å². The summed E-state index contributed by atoms with van der Waals surface area (Å²) in [7, 11) is 0. The largest absolute Gasteiger partial charge is 0.337 e. The van der Waals surface area contributed by atoms with Crippen LogP contribution in [0, 0.1) is 13.5 Å². The van der Waals surface area contributed by atoms with E-state index in [0.717, 1.165) is 39.9 Å². The Balaban J connectivity index is 1.94. The molecule has 2 aromatic carbocycles. The van der Waals surface area contributed by atoms with Crippen molar-refractivity contribution >= 4 is 27.6 Å². The van der Waals surface area contributed by atoms with E-state index in [-0.39, 0.29) is 0 Å². The molecule has 5 heteroatoms. The second-order valence-electron chi connectivity index (χ2n) is 5.65. The van der Waals surface area contributed by atoms with E-state index in [1.807, 2.05) is 12.1 Å². The number of benzene rings is 2. The summed E-state index contributed by atoms with van der Waals surface area (Å²) >= 11 is 0. The molecule has 0 unspecified atom stereocenters. The van der Waals surface area contributed by atoms with Crippen molar-refractivity contribution in [2.75, 3.05) is 0 Å². The Hall–Kier alpha value is -3.13. The van der Waals surface area contributed by atoms with Crippen LogP contribution in [0.25, 0.3) is 38.3 Å². The van der Waals surface area contributed by atoms with Crippen LogP contribution in [-0.2, 0) is 6.42 Å². The van der Waals surface area contributed by atoms with Gasteiger partial charge in [0.05, 0.1) is 23.1 Å². The highest BCUT2D eigenvalue weighted by molar-refractivity contribution is 5.95. The normalized spacial score (nSPS) is 11.2. The summed E-state index contributed by atoms with van der Waals surface area (Å²) in [6, 6.07) is 9.76. The van der Waals surface area contributed by atoms with Crippen LogP contribution in [0.2, 0.25) is 0 Å². The summed E-state index contributed by atoms with van der Waals surface area (Å²) in [6.07, 6.45) is 0.990. The van der Waals surface area contributed by atoms with Gasteiger partial charge >= 0.3 is 0 Å². The van der Waals surface area contributed by atoms with Crippen LogP contribution in [0.5, 0.6) is 0 Å². The average Bonchev–Trinajstić information content (AvgIpc) is 3.16. The van der Waals surface area contributed by atoms with E-state index >= 15 is 0 Å². The van der Waals surface area contributed by atoms with Gasteiger partial charge in [-0.1, -0.05) is 13.0 Å². The maximum absolute atomic E-state index is 7.17. The van der Waals surface area contributed by atoms with Gasteiger partial charge < -0.3 is 4.98 Å². The number of aryl methyl sites for hydroxylation is 2. The zero-order valence-electron chi connectivity index (χ0n) is 12.9. The van der Waals surface area contributed by atoms with E-state index in [2.05, 4.69) is 46.0 Å². The van der Waals surface area contributed by atoms with Gasteiger partial charge in [-0.05, 0) is 48.7 Å². The summed E-state index contributed by atoms with van der Waals surface area (Å²) in [5, 5.41) is 8.29. The third kappa shape index (κ3) is 2.08. The van der Waals surface area contributed by atoms with Crippen LogP contribution in [0.15, 0.2) is 30.3 Å². The molecule has 2 heterocycles. The van der Waals surface area contributed by atoms with Crippen LogP contribution in [0.1, 0.15) is 18.1 Å². The third-order valence-corrected chi connectivity index (χ3v) is 4.22. The van der Waals surface area contributed by atoms with E-state index in [9.17, 15) is 0 Å². The zero-order chi connectivity index (χ0) is 16.0. The molecule has 0 atom stereocenters. The number of nitrogens with one attached hydrogen (secondary N) is 2. The Morgan fingerprint density at radius 3 is 2.83 bits per heavy atom. The van der Waals surface area contributed by atoms with Crippen LogP contribution in [0.3, 0.4) is 0 Å². The Bertz CT molecular complexity index is 1080. The van der Waals surface area contributed by atoms with Gasteiger partial charge in [0.2, 0.25) is 0 Å². The molecule has 0 spiro atoms. The first-order valence-corrected chi connectivity index (χ1v) is 7.55. The molecule has 4 aromatic rings. The first-order valence-electron chi connectivity index (χ1n) is 7.55. The molecule has 2 aromatic heterocycles. The molecule has 0 bridgehead atoms. The van der Waals surface area contributed by atoms with E-state index in [1.54, 1.807) is 6.07 Å². The molecule has 5 nitrogen and oxygen atoms in total. The Kier molecular flexibility index (Phi) is 2.91. The van der Waals surface area contributed by atoms with Crippen molar-refractivity contribution in [3.05, 3.63) is 52.9 Å². The van der Waals surface area contributed by atoms with Gasteiger partial charge in [-0.2, -0.15) is 5.10 Å². The fourth-order valence-corrected chi connectivity index (χ4v) is 2.95.